The van der Waals surface area contributed by atoms with Crippen molar-refractivity contribution in [1.29, 1.82) is 0 Å². The van der Waals surface area contributed by atoms with Gasteiger partial charge in [-0.15, -0.1) is 0 Å². The summed E-state index contributed by atoms with van der Waals surface area (Å²) in [7, 11) is 0. The first kappa shape index (κ1) is 8.97. The molecule has 1 aromatic carbocycles. The third-order valence-corrected chi connectivity index (χ3v) is 2.51. The Bertz CT molecular complexity index is 277. The quantitative estimate of drug-likeness (QED) is 0.748. The molecule has 0 aromatic heterocycles. The van der Waals surface area contributed by atoms with Crippen LogP contribution in [-0.2, 0) is 6.54 Å². The molecule has 0 heterocycles. The Morgan fingerprint density at radius 3 is 2.73 bits per heavy atom. The Hall–Kier alpha value is -0.120. The van der Waals surface area contributed by atoms with E-state index in [1.165, 1.54) is 12.1 Å². The maximum Gasteiger partial charge on any atom is 0.128 e. The molecular weight excluding hydrogens is 232 g/mol. The lowest BCUT2D eigenvalue weighted by Crippen LogP contribution is -1.99. The van der Waals surface area contributed by atoms with E-state index in [0.29, 0.717) is 15.1 Å². The van der Waals surface area contributed by atoms with Crippen LogP contribution in [0.25, 0.3) is 0 Å². The van der Waals surface area contributed by atoms with Crippen LogP contribution in [0.1, 0.15) is 5.56 Å². The van der Waals surface area contributed by atoms with Gasteiger partial charge in [0, 0.05) is 16.6 Å². The molecule has 0 saturated carbocycles. The first-order valence-corrected chi connectivity index (χ1v) is 4.15. The van der Waals surface area contributed by atoms with Crippen molar-refractivity contribution in [2.45, 2.75) is 6.54 Å². The third kappa shape index (κ3) is 1.92. The zero-order chi connectivity index (χ0) is 8.43. The highest BCUT2D eigenvalue weighted by molar-refractivity contribution is 9.10. The van der Waals surface area contributed by atoms with Crippen LogP contribution < -0.4 is 5.73 Å². The average Bonchev–Trinajstić information content (AvgIpc) is 1.97. The van der Waals surface area contributed by atoms with Crippen LogP contribution >= 0.6 is 27.5 Å². The van der Waals surface area contributed by atoms with Crippen LogP contribution in [0, 0.1) is 5.82 Å². The molecule has 0 atom stereocenters. The van der Waals surface area contributed by atoms with E-state index in [-0.39, 0.29) is 12.4 Å². The van der Waals surface area contributed by atoms with Crippen molar-refractivity contribution >= 4 is 27.5 Å². The molecule has 0 aliphatic heterocycles. The second kappa shape index (κ2) is 3.52. The highest BCUT2D eigenvalue weighted by Gasteiger charge is 2.04. The van der Waals surface area contributed by atoms with Gasteiger partial charge < -0.3 is 5.73 Å². The molecule has 0 bridgehead atoms. The van der Waals surface area contributed by atoms with Crippen LogP contribution in [-0.4, -0.2) is 0 Å². The molecule has 2 N–H and O–H groups in total. The van der Waals surface area contributed by atoms with Gasteiger partial charge in [-0.25, -0.2) is 4.39 Å². The Kier molecular flexibility index (Phi) is 2.87. The van der Waals surface area contributed by atoms with Crippen molar-refractivity contribution < 1.29 is 4.39 Å². The van der Waals surface area contributed by atoms with Gasteiger partial charge in [0.1, 0.15) is 5.82 Å². The van der Waals surface area contributed by atoms with Gasteiger partial charge in [-0.2, -0.15) is 0 Å². The number of nitrogens with two attached hydrogens (primary N) is 1. The maximum atomic E-state index is 12.9. The molecule has 1 nitrogen and oxygen atoms in total. The first-order chi connectivity index (χ1) is 5.15. The zero-order valence-electron chi connectivity index (χ0n) is 5.57. The van der Waals surface area contributed by atoms with Crippen LogP contribution in [0.5, 0.6) is 0 Å². The second-order valence-corrected chi connectivity index (χ2v) is 3.32. The second-order valence-electron chi connectivity index (χ2n) is 2.06. The molecule has 4 heteroatoms. The lowest BCUT2D eigenvalue weighted by molar-refractivity contribution is 0.610. The average molecular weight is 238 g/mol. The first-order valence-electron chi connectivity index (χ1n) is 2.98. The molecule has 11 heavy (non-hydrogen) atoms. The molecule has 0 radical (unpaired) electrons. The van der Waals surface area contributed by atoms with Gasteiger partial charge in [-0.05, 0) is 28.1 Å². The number of hydrogen-bond acceptors (Lipinski definition) is 1. The molecule has 0 saturated heterocycles. The van der Waals surface area contributed by atoms with Gasteiger partial charge in [-0.1, -0.05) is 11.6 Å². The SMILES string of the molecule is NCc1cc(Cl)c(Br)cc1F. The summed E-state index contributed by atoms with van der Waals surface area (Å²) in [5.41, 5.74) is 5.68. The minimum atomic E-state index is -0.330. The van der Waals surface area contributed by atoms with E-state index in [1.807, 2.05) is 0 Å². The molecule has 0 aliphatic carbocycles. The molecule has 1 aromatic rings. The molecular formula is C7H6BrClFN. The Morgan fingerprint density at radius 1 is 1.55 bits per heavy atom. The zero-order valence-corrected chi connectivity index (χ0v) is 7.91. The van der Waals surface area contributed by atoms with Crippen LogP contribution in [0.4, 0.5) is 4.39 Å². The van der Waals surface area contributed by atoms with Gasteiger partial charge >= 0.3 is 0 Å². The van der Waals surface area contributed by atoms with E-state index in [2.05, 4.69) is 15.9 Å². The summed E-state index contributed by atoms with van der Waals surface area (Å²) in [4.78, 5) is 0. The fourth-order valence-electron chi connectivity index (χ4n) is 0.720. The predicted octanol–water partition coefficient (Wildman–Crippen LogP) is 2.70. The van der Waals surface area contributed by atoms with Gasteiger partial charge in [0.15, 0.2) is 0 Å². The minimum Gasteiger partial charge on any atom is -0.326 e. The van der Waals surface area contributed by atoms with Gasteiger partial charge in [-0.3, -0.25) is 0 Å². The largest absolute Gasteiger partial charge is 0.326 e. The smallest absolute Gasteiger partial charge is 0.128 e. The number of hydrogen-bond donors (Lipinski definition) is 1. The van der Waals surface area contributed by atoms with E-state index >= 15 is 0 Å². The summed E-state index contributed by atoms with van der Waals surface area (Å²) >= 11 is 8.79. The lowest BCUT2D eigenvalue weighted by atomic mass is 10.2. The molecule has 0 spiro atoms. The molecule has 1 rings (SSSR count). The number of rotatable bonds is 1. The van der Waals surface area contributed by atoms with E-state index in [1.54, 1.807) is 0 Å². The standard InChI is InChI=1S/C7H6BrClFN/c8-5-2-7(10)4(3-11)1-6(5)9/h1-2H,3,11H2. The Labute approximate surface area is 77.5 Å². The van der Waals surface area contributed by atoms with E-state index < -0.39 is 0 Å². The van der Waals surface area contributed by atoms with E-state index in [9.17, 15) is 4.39 Å². The van der Waals surface area contributed by atoms with Gasteiger partial charge in [0.25, 0.3) is 0 Å². The number of halogens is 3. The van der Waals surface area contributed by atoms with Crippen molar-refractivity contribution in [3.05, 3.63) is 33.0 Å². The normalized spacial score (nSPS) is 10.2. The van der Waals surface area contributed by atoms with Crippen molar-refractivity contribution in [1.82, 2.24) is 0 Å². The topological polar surface area (TPSA) is 26.0 Å². The van der Waals surface area contributed by atoms with Crippen molar-refractivity contribution in [2.75, 3.05) is 0 Å². The summed E-state index contributed by atoms with van der Waals surface area (Å²) in [6.45, 7) is 0.166. The molecule has 60 valence electrons. The fourth-order valence-corrected chi connectivity index (χ4v) is 1.22. The predicted molar refractivity (Wildman–Crippen MR) is 47.0 cm³/mol. The van der Waals surface area contributed by atoms with Crippen molar-refractivity contribution in [3.8, 4) is 0 Å². The summed E-state index contributed by atoms with van der Waals surface area (Å²) in [6, 6.07) is 2.82. The summed E-state index contributed by atoms with van der Waals surface area (Å²) in [5.74, 6) is -0.330. The third-order valence-electron chi connectivity index (χ3n) is 1.31. The Balaban J connectivity index is 3.21. The molecule has 0 amide bonds. The van der Waals surface area contributed by atoms with Crippen LogP contribution in [0.3, 0.4) is 0 Å². The van der Waals surface area contributed by atoms with E-state index in [4.69, 9.17) is 17.3 Å². The van der Waals surface area contributed by atoms with Crippen LogP contribution in [0.15, 0.2) is 16.6 Å². The maximum absolute atomic E-state index is 12.9. The van der Waals surface area contributed by atoms with Gasteiger partial charge in [0.05, 0.1) is 5.02 Å². The van der Waals surface area contributed by atoms with Gasteiger partial charge in [0.2, 0.25) is 0 Å². The van der Waals surface area contributed by atoms with Crippen molar-refractivity contribution in [3.63, 3.8) is 0 Å². The Morgan fingerprint density at radius 2 is 2.18 bits per heavy atom. The molecule has 0 unspecified atom stereocenters. The van der Waals surface area contributed by atoms with E-state index in [0.717, 1.165) is 0 Å². The molecule has 0 aliphatic rings. The summed E-state index contributed by atoms with van der Waals surface area (Å²) in [5, 5.41) is 0.479. The highest BCUT2D eigenvalue weighted by atomic mass is 79.9. The highest BCUT2D eigenvalue weighted by Crippen LogP contribution is 2.25. The monoisotopic (exact) mass is 237 g/mol. The van der Waals surface area contributed by atoms with Crippen LogP contribution in [0.2, 0.25) is 5.02 Å². The molecule has 0 fully saturated rings. The fraction of sp³-hybridized carbons (Fsp3) is 0.143. The number of benzene rings is 1. The van der Waals surface area contributed by atoms with Crippen molar-refractivity contribution in [2.24, 2.45) is 5.73 Å². The minimum absolute atomic E-state index is 0.166. The lowest BCUT2D eigenvalue weighted by Gasteiger charge is -2.01. The summed E-state index contributed by atoms with van der Waals surface area (Å²) < 4.78 is 13.4. The summed E-state index contributed by atoms with van der Waals surface area (Å²) in [6.07, 6.45) is 0.